The first kappa shape index (κ1) is 26.4. The summed E-state index contributed by atoms with van der Waals surface area (Å²) in [7, 11) is 1.65. The van der Waals surface area contributed by atoms with Crippen molar-refractivity contribution in [2.24, 2.45) is 0 Å². The minimum atomic E-state index is -0.107. The highest BCUT2D eigenvalue weighted by Crippen LogP contribution is 2.19. The minimum Gasteiger partial charge on any atom is -0.497 e. The van der Waals surface area contributed by atoms with Crippen LogP contribution in [0.15, 0.2) is 66.0 Å². The Balaban J connectivity index is 1.71. The molecule has 3 aromatic rings. The molecule has 1 heterocycles. The normalized spacial score (nSPS) is 11.8. The Morgan fingerprint density at radius 3 is 2.40 bits per heavy atom. The molecule has 0 aliphatic rings. The highest BCUT2D eigenvalue weighted by Gasteiger charge is 2.20. The van der Waals surface area contributed by atoms with Crippen LogP contribution in [0.1, 0.15) is 41.6 Å². The number of ether oxygens (including phenoxy) is 1. The second-order valence-corrected chi connectivity index (χ2v) is 9.52. The molecular formula is C28H35N3O3S. The van der Waals surface area contributed by atoms with E-state index < -0.39 is 0 Å². The molecule has 0 aliphatic heterocycles. The summed E-state index contributed by atoms with van der Waals surface area (Å²) >= 11 is 1.73. The van der Waals surface area contributed by atoms with E-state index in [0.717, 1.165) is 17.7 Å². The number of nitrogens with one attached hydrogen (secondary N) is 1. The van der Waals surface area contributed by atoms with Crippen molar-refractivity contribution in [3.05, 3.63) is 82.0 Å². The third-order valence-electron chi connectivity index (χ3n) is 6.04. The molecular weight excluding hydrogens is 458 g/mol. The van der Waals surface area contributed by atoms with Crippen LogP contribution in [-0.2, 0) is 17.8 Å². The summed E-state index contributed by atoms with van der Waals surface area (Å²) in [6, 6.07) is 19.5. The Bertz CT molecular complexity index is 1080. The van der Waals surface area contributed by atoms with E-state index in [0.29, 0.717) is 30.9 Å². The fraction of sp³-hybridized carbons (Fsp3) is 0.357. The SMILES string of the molecule is CCN(CC)C(=O)c1cccc(NC(=O)CN(Cc2ccc(OC)cc2)C(C)Cc2cccs2)c1. The molecule has 0 saturated carbocycles. The maximum Gasteiger partial charge on any atom is 0.253 e. The minimum absolute atomic E-state index is 0.0307. The monoisotopic (exact) mass is 493 g/mol. The van der Waals surface area contributed by atoms with Gasteiger partial charge in [0.05, 0.1) is 13.7 Å². The van der Waals surface area contributed by atoms with Gasteiger partial charge in [0.1, 0.15) is 5.75 Å². The van der Waals surface area contributed by atoms with Crippen molar-refractivity contribution >= 4 is 28.8 Å². The van der Waals surface area contributed by atoms with E-state index in [1.807, 2.05) is 44.2 Å². The lowest BCUT2D eigenvalue weighted by Gasteiger charge is -2.28. The van der Waals surface area contributed by atoms with Gasteiger partial charge < -0.3 is 15.0 Å². The first-order chi connectivity index (χ1) is 16.9. The number of carbonyl (C=O) groups excluding carboxylic acids is 2. The quantitative estimate of drug-likeness (QED) is 0.371. The van der Waals surface area contributed by atoms with Gasteiger partial charge in [-0.25, -0.2) is 0 Å². The van der Waals surface area contributed by atoms with Gasteiger partial charge in [-0.15, -0.1) is 11.3 Å². The summed E-state index contributed by atoms with van der Waals surface area (Å²) in [4.78, 5) is 31.0. The van der Waals surface area contributed by atoms with Crippen LogP contribution >= 0.6 is 11.3 Å². The van der Waals surface area contributed by atoms with Gasteiger partial charge in [-0.05, 0) is 74.5 Å². The number of methoxy groups -OCH3 is 1. The van der Waals surface area contributed by atoms with Crippen molar-refractivity contribution in [3.63, 3.8) is 0 Å². The molecule has 35 heavy (non-hydrogen) atoms. The van der Waals surface area contributed by atoms with Crippen LogP contribution in [0.5, 0.6) is 5.75 Å². The van der Waals surface area contributed by atoms with E-state index in [9.17, 15) is 9.59 Å². The fourth-order valence-corrected chi connectivity index (χ4v) is 4.82. The molecule has 0 radical (unpaired) electrons. The standard InChI is InChI=1S/C28H35N3O3S/c1-5-30(6-2)28(33)23-9-7-10-24(18-23)29-27(32)20-31(21(3)17-26-11-8-16-35-26)19-22-12-14-25(34-4)15-13-22/h7-16,18,21H,5-6,17,19-20H2,1-4H3,(H,29,32). The summed E-state index contributed by atoms with van der Waals surface area (Å²) in [5.74, 6) is 0.671. The third kappa shape index (κ3) is 7.67. The zero-order valence-electron chi connectivity index (χ0n) is 21.0. The number of amides is 2. The van der Waals surface area contributed by atoms with Gasteiger partial charge >= 0.3 is 0 Å². The van der Waals surface area contributed by atoms with E-state index in [1.165, 1.54) is 4.88 Å². The third-order valence-corrected chi connectivity index (χ3v) is 6.93. The Labute approximate surface area is 212 Å². The van der Waals surface area contributed by atoms with Crippen molar-refractivity contribution in [1.82, 2.24) is 9.80 Å². The summed E-state index contributed by atoms with van der Waals surface area (Å²) in [6.45, 7) is 8.25. The highest BCUT2D eigenvalue weighted by molar-refractivity contribution is 7.09. The predicted molar refractivity (Wildman–Crippen MR) is 143 cm³/mol. The molecule has 1 aromatic heterocycles. The maximum atomic E-state index is 13.1. The van der Waals surface area contributed by atoms with E-state index in [2.05, 4.69) is 34.7 Å². The van der Waals surface area contributed by atoms with Crippen molar-refractivity contribution in [3.8, 4) is 5.75 Å². The maximum absolute atomic E-state index is 13.1. The molecule has 0 spiro atoms. The molecule has 0 saturated heterocycles. The predicted octanol–water partition coefficient (Wildman–Crippen LogP) is 5.31. The van der Waals surface area contributed by atoms with Crippen LogP contribution in [0.4, 0.5) is 5.69 Å². The van der Waals surface area contributed by atoms with E-state index in [4.69, 9.17) is 4.74 Å². The number of anilines is 1. The summed E-state index contributed by atoms with van der Waals surface area (Å²) in [5, 5.41) is 5.07. The average Bonchev–Trinajstić information content (AvgIpc) is 3.38. The van der Waals surface area contributed by atoms with E-state index in [-0.39, 0.29) is 24.4 Å². The van der Waals surface area contributed by atoms with Crippen molar-refractivity contribution in [1.29, 1.82) is 0 Å². The zero-order valence-corrected chi connectivity index (χ0v) is 21.8. The van der Waals surface area contributed by atoms with Crippen LogP contribution in [0.25, 0.3) is 0 Å². The highest BCUT2D eigenvalue weighted by atomic mass is 32.1. The Kier molecular flexibility index (Phi) is 9.87. The molecule has 0 bridgehead atoms. The van der Waals surface area contributed by atoms with Crippen LogP contribution < -0.4 is 10.1 Å². The smallest absolute Gasteiger partial charge is 0.253 e. The van der Waals surface area contributed by atoms with Crippen molar-refractivity contribution in [2.75, 3.05) is 32.1 Å². The molecule has 1 N–H and O–H groups in total. The van der Waals surface area contributed by atoms with Crippen LogP contribution in [0.2, 0.25) is 0 Å². The molecule has 186 valence electrons. The molecule has 2 aromatic carbocycles. The number of nitrogens with zero attached hydrogens (tertiary/aromatic N) is 2. The summed E-state index contributed by atoms with van der Waals surface area (Å²) < 4.78 is 5.27. The molecule has 1 unspecified atom stereocenters. The lowest BCUT2D eigenvalue weighted by atomic mass is 10.1. The number of thiophene rings is 1. The number of hydrogen-bond acceptors (Lipinski definition) is 5. The number of rotatable bonds is 12. The molecule has 6 nitrogen and oxygen atoms in total. The second-order valence-electron chi connectivity index (χ2n) is 8.49. The van der Waals surface area contributed by atoms with Crippen LogP contribution in [0, 0.1) is 0 Å². The number of carbonyl (C=O) groups is 2. The molecule has 0 aliphatic carbocycles. The van der Waals surface area contributed by atoms with Crippen LogP contribution in [0.3, 0.4) is 0 Å². The van der Waals surface area contributed by atoms with Gasteiger partial charge in [-0.1, -0.05) is 24.3 Å². The van der Waals surface area contributed by atoms with Gasteiger partial charge in [0.25, 0.3) is 5.91 Å². The average molecular weight is 494 g/mol. The van der Waals surface area contributed by atoms with Gasteiger partial charge in [0.2, 0.25) is 5.91 Å². The fourth-order valence-electron chi connectivity index (χ4n) is 3.99. The summed E-state index contributed by atoms with van der Waals surface area (Å²) in [5.41, 5.74) is 2.32. The Hall–Kier alpha value is -3.16. The van der Waals surface area contributed by atoms with Gasteiger partial charge in [-0.3, -0.25) is 14.5 Å². The van der Waals surface area contributed by atoms with E-state index >= 15 is 0 Å². The largest absolute Gasteiger partial charge is 0.497 e. The van der Waals surface area contributed by atoms with E-state index in [1.54, 1.807) is 41.5 Å². The number of hydrogen-bond donors (Lipinski definition) is 1. The van der Waals surface area contributed by atoms with Crippen LogP contribution in [-0.4, -0.2) is 54.4 Å². The van der Waals surface area contributed by atoms with Gasteiger partial charge in [0.15, 0.2) is 0 Å². The van der Waals surface area contributed by atoms with Crippen molar-refractivity contribution < 1.29 is 14.3 Å². The van der Waals surface area contributed by atoms with Crippen molar-refractivity contribution in [2.45, 2.75) is 39.8 Å². The Morgan fingerprint density at radius 1 is 1.03 bits per heavy atom. The number of benzene rings is 2. The molecule has 0 fully saturated rings. The Morgan fingerprint density at radius 2 is 1.77 bits per heavy atom. The molecule has 3 rings (SSSR count). The first-order valence-electron chi connectivity index (χ1n) is 12.0. The second kappa shape index (κ2) is 13.1. The summed E-state index contributed by atoms with van der Waals surface area (Å²) in [6.07, 6.45) is 0.870. The zero-order chi connectivity index (χ0) is 25.2. The molecule has 7 heteroatoms. The lowest BCUT2D eigenvalue weighted by Crippen LogP contribution is -2.40. The molecule has 2 amide bonds. The topological polar surface area (TPSA) is 61.9 Å². The molecule has 1 atom stereocenters. The first-order valence-corrected chi connectivity index (χ1v) is 12.9. The van der Waals surface area contributed by atoms with Gasteiger partial charge in [-0.2, -0.15) is 0 Å². The van der Waals surface area contributed by atoms with Gasteiger partial charge in [0, 0.05) is 41.8 Å². The lowest BCUT2D eigenvalue weighted by molar-refractivity contribution is -0.118.